The van der Waals surface area contributed by atoms with Crippen LogP contribution in [0.2, 0.25) is 0 Å². The number of rotatable bonds is 7. The summed E-state index contributed by atoms with van der Waals surface area (Å²) >= 11 is 0. The lowest BCUT2D eigenvalue weighted by Gasteiger charge is -2.15. The van der Waals surface area contributed by atoms with Crippen LogP contribution in [0.5, 0.6) is 0 Å². The minimum atomic E-state index is -4.45. The van der Waals surface area contributed by atoms with Gasteiger partial charge in [-0.25, -0.2) is 9.67 Å². The van der Waals surface area contributed by atoms with Gasteiger partial charge >= 0.3 is 6.18 Å². The van der Waals surface area contributed by atoms with E-state index in [1.807, 2.05) is 6.07 Å². The number of amides is 1. The van der Waals surface area contributed by atoms with Crippen molar-refractivity contribution in [2.75, 3.05) is 0 Å². The number of alkyl halides is 3. The second-order valence-corrected chi connectivity index (χ2v) is 8.30. The van der Waals surface area contributed by atoms with Crippen molar-refractivity contribution in [2.45, 2.75) is 45.5 Å². The van der Waals surface area contributed by atoms with Crippen LogP contribution >= 0.6 is 0 Å². The number of carbonyl (C=O) groups excluding carboxylic acids is 1. The molecular weight excluding hydrogens is 459 g/mol. The highest BCUT2D eigenvalue weighted by Crippen LogP contribution is 2.31. The lowest BCUT2D eigenvalue weighted by molar-refractivity contribution is -0.137. The third-order valence-electron chi connectivity index (χ3n) is 5.84. The smallest absolute Gasteiger partial charge is 0.349 e. The summed E-state index contributed by atoms with van der Waals surface area (Å²) in [6.07, 6.45) is -0.780. The molecule has 182 valence electrons. The molecule has 0 bridgehead atoms. The van der Waals surface area contributed by atoms with Crippen LogP contribution in [0.3, 0.4) is 0 Å². The predicted octanol–water partition coefficient (Wildman–Crippen LogP) is 4.57. The van der Waals surface area contributed by atoms with Gasteiger partial charge in [0.1, 0.15) is 0 Å². The average Bonchev–Trinajstić information content (AvgIpc) is 3.21. The highest BCUT2D eigenvalue weighted by atomic mass is 19.4. The Bertz CT molecular complexity index is 1420. The molecule has 0 spiro atoms. The molecule has 1 unspecified atom stereocenters. The standard InChI is InChI=1S/C25H24F3N5O2/c1-16(21-14-30-33(17(21)2)19-8-5-7-18(13-19)25(26,27)28)31-23(34)11-6-12-32-15-29-22-10-4-3-9-20(22)24(32)35/h3-5,7-10,13-16H,6,11-12H2,1-2H3,(H,31,34). The molecule has 4 rings (SSSR count). The van der Waals surface area contributed by atoms with Crippen molar-refractivity contribution in [3.8, 4) is 5.69 Å². The van der Waals surface area contributed by atoms with E-state index in [1.165, 1.54) is 21.6 Å². The summed E-state index contributed by atoms with van der Waals surface area (Å²) in [4.78, 5) is 29.3. The minimum absolute atomic E-state index is 0.151. The van der Waals surface area contributed by atoms with Crippen molar-refractivity contribution >= 4 is 16.8 Å². The van der Waals surface area contributed by atoms with Gasteiger partial charge in [-0.2, -0.15) is 18.3 Å². The average molecular weight is 483 g/mol. The molecule has 1 N–H and O–H groups in total. The molecule has 1 atom stereocenters. The van der Waals surface area contributed by atoms with Crippen LogP contribution in [0.1, 0.15) is 42.6 Å². The molecule has 2 aromatic carbocycles. The fourth-order valence-electron chi connectivity index (χ4n) is 3.99. The van der Waals surface area contributed by atoms with Crippen molar-refractivity contribution in [2.24, 2.45) is 0 Å². The minimum Gasteiger partial charge on any atom is -0.349 e. The molecule has 4 aromatic rings. The van der Waals surface area contributed by atoms with Gasteiger partial charge in [0.05, 0.1) is 40.7 Å². The van der Waals surface area contributed by atoms with Crippen molar-refractivity contribution in [3.05, 3.63) is 88.2 Å². The number of para-hydroxylation sites is 1. The first-order valence-corrected chi connectivity index (χ1v) is 11.1. The monoisotopic (exact) mass is 483 g/mol. The summed E-state index contributed by atoms with van der Waals surface area (Å²) < 4.78 is 42.1. The second kappa shape index (κ2) is 9.73. The van der Waals surface area contributed by atoms with Crippen LogP contribution in [0.25, 0.3) is 16.6 Å². The molecule has 0 radical (unpaired) electrons. The normalized spacial score (nSPS) is 12.6. The number of nitrogens with one attached hydrogen (secondary N) is 1. The number of aryl methyl sites for hydroxylation is 1. The molecule has 7 nitrogen and oxygen atoms in total. The largest absolute Gasteiger partial charge is 0.416 e. The Balaban J connectivity index is 1.38. The summed E-state index contributed by atoms with van der Waals surface area (Å²) in [5.74, 6) is -0.203. The van der Waals surface area contributed by atoms with Crippen molar-refractivity contribution < 1.29 is 18.0 Å². The topological polar surface area (TPSA) is 81.8 Å². The van der Waals surface area contributed by atoms with Gasteiger partial charge in [-0.15, -0.1) is 0 Å². The summed E-state index contributed by atoms with van der Waals surface area (Å²) in [6.45, 7) is 3.88. The maximum atomic E-state index is 13.1. The molecule has 1 amide bonds. The number of carbonyl (C=O) groups is 1. The Kier molecular flexibility index (Phi) is 6.72. The maximum absolute atomic E-state index is 13.1. The van der Waals surface area contributed by atoms with Gasteiger partial charge in [0.25, 0.3) is 5.56 Å². The molecule has 0 fully saturated rings. The van der Waals surface area contributed by atoms with E-state index in [-0.39, 0.29) is 23.6 Å². The predicted molar refractivity (Wildman–Crippen MR) is 125 cm³/mol. The first kappa shape index (κ1) is 24.2. The second-order valence-electron chi connectivity index (χ2n) is 8.30. The van der Waals surface area contributed by atoms with Gasteiger partial charge in [0, 0.05) is 24.2 Å². The Morgan fingerprint density at radius 3 is 2.69 bits per heavy atom. The zero-order valence-electron chi connectivity index (χ0n) is 19.2. The van der Waals surface area contributed by atoms with Crippen LogP contribution in [-0.2, 0) is 17.5 Å². The summed E-state index contributed by atoms with van der Waals surface area (Å²) in [5.41, 5.74) is 1.34. The molecule has 10 heteroatoms. The quantitative estimate of drug-likeness (QED) is 0.418. The zero-order valence-corrected chi connectivity index (χ0v) is 19.2. The summed E-state index contributed by atoms with van der Waals surface area (Å²) in [6, 6.07) is 11.6. The number of hydrogen-bond donors (Lipinski definition) is 1. The molecule has 0 saturated heterocycles. The Labute approximate surface area is 199 Å². The van der Waals surface area contributed by atoms with Crippen LogP contribution in [-0.4, -0.2) is 25.2 Å². The lowest BCUT2D eigenvalue weighted by Crippen LogP contribution is -2.27. The molecule has 2 heterocycles. The Morgan fingerprint density at radius 2 is 1.91 bits per heavy atom. The van der Waals surface area contributed by atoms with Crippen LogP contribution < -0.4 is 10.9 Å². The molecule has 0 saturated carbocycles. The van der Waals surface area contributed by atoms with Gasteiger partial charge in [0.2, 0.25) is 5.91 Å². The highest BCUT2D eigenvalue weighted by molar-refractivity contribution is 5.77. The van der Waals surface area contributed by atoms with E-state index in [0.717, 1.165) is 12.1 Å². The number of hydrogen-bond acceptors (Lipinski definition) is 4. The Morgan fingerprint density at radius 1 is 1.14 bits per heavy atom. The third-order valence-corrected chi connectivity index (χ3v) is 5.84. The SMILES string of the molecule is Cc1c(C(C)NC(=O)CCCn2cnc3ccccc3c2=O)cnn1-c1cccc(C(F)(F)F)c1. The maximum Gasteiger partial charge on any atom is 0.416 e. The highest BCUT2D eigenvalue weighted by Gasteiger charge is 2.30. The van der Waals surface area contributed by atoms with Gasteiger partial charge in [-0.1, -0.05) is 18.2 Å². The van der Waals surface area contributed by atoms with E-state index in [9.17, 15) is 22.8 Å². The Hall–Kier alpha value is -3.95. The molecule has 0 aliphatic rings. The number of aromatic nitrogens is 4. The van der Waals surface area contributed by atoms with Gasteiger partial charge < -0.3 is 5.32 Å². The summed E-state index contributed by atoms with van der Waals surface area (Å²) in [5, 5.41) is 7.65. The zero-order chi connectivity index (χ0) is 25.2. The van der Waals surface area contributed by atoms with Crippen LogP contribution in [0, 0.1) is 6.92 Å². The van der Waals surface area contributed by atoms with E-state index >= 15 is 0 Å². The van der Waals surface area contributed by atoms with E-state index < -0.39 is 17.8 Å². The fraction of sp³-hybridized carbons (Fsp3) is 0.280. The van der Waals surface area contributed by atoms with Gasteiger partial charge in [-0.3, -0.25) is 14.2 Å². The van der Waals surface area contributed by atoms with Crippen LogP contribution in [0.4, 0.5) is 13.2 Å². The van der Waals surface area contributed by atoms with Gasteiger partial charge in [0.15, 0.2) is 0 Å². The fourth-order valence-corrected chi connectivity index (χ4v) is 3.99. The van der Waals surface area contributed by atoms with E-state index in [2.05, 4.69) is 15.4 Å². The molecule has 0 aliphatic carbocycles. The summed E-state index contributed by atoms with van der Waals surface area (Å²) in [7, 11) is 0. The number of halogens is 3. The first-order chi connectivity index (χ1) is 16.6. The number of nitrogens with zero attached hydrogens (tertiary/aromatic N) is 4. The molecule has 0 aliphatic heterocycles. The van der Waals surface area contributed by atoms with E-state index in [1.54, 1.807) is 44.3 Å². The van der Waals surface area contributed by atoms with Crippen molar-refractivity contribution in [1.82, 2.24) is 24.6 Å². The van der Waals surface area contributed by atoms with Gasteiger partial charge in [-0.05, 0) is 50.6 Å². The first-order valence-electron chi connectivity index (χ1n) is 11.1. The molecule has 35 heavy (non-hydrogen) atoms. The number of benzene rings is 2. The third kappa shape index (κ3) is 5.26. The van der Waals surface area contributed by atoms with Crippen molar-refractivity contribution in [3.63, 3.8) is 0 Å². The van der Waals surface area contributed by atoms with Crippen LogP contribution in [0.15, 0.2) is 65.8 Å². The molecule has 2 aromatic heterocycles. The van der Waals surface area contributed by atoms with E-state index in [4.69, 9.17) is 0 Å². The number of fused-ring (bicyclic) bond motifs is 1. The van der Waals surface area contributed by atoms with E-state index in [0.29, 0.717) is 35.1 Å². The molecular formula is C25H24F3N5O2. The lowest BCUT2D eigenvalue weighted by atomic mass is 10.1. The van der Waals surface area contributed by atoms with Crippen molar-refractivity contribution in [1.29, 1.82) is 0 Å².